The van der Waals surface area contributed by atoms with E-state index in [9.17, 15) is 5.11 Å². The number of benzene rings is 1. The molecule has 0 aliphatic carbocycles. The van der Waals surface area contributed by atoms with E-state index in [-0.39, 0.29) is 12.0 Å². The summed E-state index contributed by atoms with van der Waals surface area (Å²) in [6, 6.07) is 10.4. The van der Waals surface area contributed by atoms with Crippen LogP contribution in [0.1, 0.15) is 56.5 Å². The van der Waals surface area contributed by atoms with Crippen molar-refractivity contribution in [2.45, 2.75) is 45.3 Å². The maximum atomic E-state index is 10.6. The second-order valence-electron chi connectivity index (χ2n) is 5.70. The third-order valence-electron chi connectivity index (χ3n) is 3.77. The van der Waals surface area contributed by atoms with E-state index >= 15 is 0 Å². The van der Waals surface area contributed by atoms with Crippen LogP contribution in [0.25, 0.3) is 0 Å². The summed E-state index contributed by atoms with van der Waals surface area (Å²) < 4.78 is 7.18. The molecule has 4 heteroatoms. The van der Waals surface area contributed by atoms with Crippen LogP contribution in [0.2, 0.25) is 0 Å². The van der Waals surface area contributed by atoms with Crippen LogP contribution in [-0.2, 0) is 0 Å². The predicted octanol–water partition coefficient (Wildman–Crippen LogP) is 3.70. The molecular formula is C17H24N2O2. The molecule has 114 valence electrons. The number of hydrogen-bond donors (Lipinski definition) is 1. The van der Waals surface area contributed by atoms with Crippen molar-refractivity contribution in [3.63, 3.8) is 0 Å². The van der Waals surface area contributed by atoms with Gasteiger partial charge in [0.1, 0.15) is 5.69 Å². The van der Waals surface area contributed by atoms with Crippen LogP contribution >= 0.6 is 0 Å². The van der Waals surface area contributed by atoms with Crippen LogP contribution in [0.5, 0.6) is 5.75 Å². The Morgan fingerprint density at radius 1 is 1.19 bits per heavy atom. The van der Waals surface area contributed by atoms with E-state index in [1.807, 2.05) is 36.7 Å². The highest BCUT2D eigenvalue weighted by atomic mass is 16.5. The fourth-order valence-corrected chi connectivity index (χ4v) is 2.61. The van der Waals surface area contributed by atoms with Crippen molar-refractivity contribution >= 4 is 0 Å². The van der Waals surface area contributed by atoms with Gasteiger partial charge in [0.15, 0.2) is 5.75 Å². The van der Waals surface area contributed by atoms with Gasteiger partial charge in [-0.2, -0.15) is 5.10 Å². The second kappa shape index (κ2) is 6.76. The van der Waals surface area contributed by atoms with Crippen LogP contribution < -0.4 is 4.74 Å². The highest BCUT2D eigenvalue weighted by Crippen LogP contribution is 2.33. The van der Waals surface area contributed by atoms with Crippen molar-refractivity contribution in [3.05, 3.63) is 47.8 Å². The molecule has 2 rings (SSSR count). The Hall–Kier alpha value is -1.81. The average molecular weight is 288 g/mol. The summed E-state index contributed by atoms with van der Waals surface area (Å²) in [6.45, 7) is 6.22. The summed E-state index contributed by atoms with van der Waals surface area (Å²) in [5, 5.41) is 15.0. The van der Waals surface area contributed by atoms with E-state index < -0.39 is 6.10 Å². The Bertz CT molecular complexity index is 563. The van der Waals surface area contributed by atoms with E-state index in [4.69, 9.17) is 4.74 Å². The number of methoxy groups -OCH3 is 1. The molecule has 0 amide bonds. The molecule has 21 heavy (non-hydrogen) atoms. The van der Waals surface area contributed by atoms with Crippen LogP contribution in [0.4, 0.5) is 0 Å². The number of hydrogen-bond acceptors (Lipinski definition) is 3. The topological polar surface area (TPSA) is 47.3 Å². The molecule has 0 saturated carbocycles. The maximum absolute atomic E-state index is 10.6. The number of aliphatic hydroxyl groups excluding tert-OH is 1. The molecule has 2 unspecified atom stereocenters. The fourth-order valence-electron chi connectivity index (χ4n) is 2.61. The highest BCUT2D eigenvalue weighted by Gasteiger charge is 2.23. The summed E-state index contributed by atoms with van der Waals surface area (Å²) in [5.41, 5.74) is 1.99. The second-order valence-corrected chi connectivity index (χ2v) is 5.70. The Kier molecular flexibility index (Phi) is 5.02. The number of ether oxygens (including phenoxy) is 1. The zero-order valence-electron chi connectivity index (χ0n) is 13.2. The lowest BCUT2D eigenvalue weighted by Gasteiger charge is -2.20. The van der Waals surface area contributed by atoms with Crippen molar-refractivity contribution in [1.29, 1.82) is 0 Å². The lowest BCUT2D eigenvalue weighted by molar-refractivity contribution is 0.143. The number of nitrogens with zero attached hydrogens (tertiary/aromatic N) is 2. The molecule has 0 aliphatic heterocycles. The molecule has 0 saturated heterocycles. The Morgan fingerprint density at radius 2 is 1.86 bits per heavy atom. The molecule has 1 aromatic carbocycles. The molecule has 1 aromatic heterocycles. The normalized spacial score (nSPS) is 14.2. The first-order valence-corrected chi connectivity index (χ1v) is 7.39. The molecule has 0 fully saturated rings. The van der Waals surface area contributed by atoms with Crippen LogP contribution in [0.3, 0.4) is 0 Å². The zero-order chi connectivity index (χ0) is 15.4. The molecule has 1 heterocycles. The standard InChI is InChI=1S/C17H24N2O2/c1-12(2)19-17(16(21-4)11-18-19)15(20)10-13(3)14-8-6-5-7-9-14/h5-9,11-13,15,20H,10H2,1-4H3. The van der Waals surface area contributed by atoms with Gasteiger partial charge in [0.2, 0.25) is 0 Å². The van der Waals surface area contributed by atoms with Gasteiger partial charge in [-0.3, -0.25) is 4.68 Å². The molecule has 2 aromatic rings. The van der Waals surface area contributed by atoms with E-state index in [0.29, 0.717) is 12.2 Å². The average Bonchev–Trinajstić information content (AvgIpc) is 2.92. The first-order chi connectivity index (χ1) is 10.0. The summed E-state index contributed by atoms with van der Waals surface area (Å²) in [7, 11) is 1.61. The van der Waals surface area contributed by atoms with E-state index in [0.717, 1.165) is 5.69 Å². The summed E-state index contributed by atoms with van der Waals surface area (Å²) in [6.07, 6.45) is 1.71. The Labute approximate surface area is 126 Å². The number of aliphatic hydroxyl groups is 1. The molecule has 0 aliphatic rings. The number of aromatic nitrogens is 2. The van der Waals surface area contributed by atoms with Crippen LogP contribution in [0.15, 0.2) is 36.5 Å². The van der Waals surface area contributed by atoms with Gasteiger partial charge in [0.25, 0.3) is 0 Å². The van der Waals surface area contributed by atoms with Crippen molar-refractivity contribution in [2.75, 3.05) is 7.11 Å². The highest BCUT2D eigenvalue weighted by molar-refractivity contribution is 5.28. The molecule has 0 bridgehead atoms. The van der Waals surface area contributed by atoms with Crippen molar-refractivity contribution in [1.82, 2.24) is 9.78 Å². The van der Waals surface area contributed by atoms with E-state index in [2.05, 4.69) is 24.2 Å². The smallest absolute Gasteiger partial charge is 0.162 e. The molecule has 1 N–H and O–H groups in total. The first kappa shape index (κ1) is 15.6. The fraction of sp³-hybridized carbons (Fsp3) is 0.471. The van der Waals surface area contributed by atoms with Gasteiger partial charge in [-0.15, -0.1) is 0 Å². The van der Waals surface area contributed by atoms with Gasteiger partial charge in [-0.25, -0.2) is 0 Å². The molecular weight excluding hydrogens is 264 g/mol. The van der Waals surface area contributed by atoms with Gasteiger partial charge in [0, 0.05) is 6.04 Å². The SMILES string of the molecule is COc1cnn(C(C)C)c1C(O)CC(C)c1ccccc1. The number of rotatable bonds is 6. The monoisotopic (exact) mass is 288 g/mol. The van der Waals surface area contributed by atoms with Gasteiger partial charge in [-0.1, -0.05) is 37.3 Å². The van der Waals surface area contributed by atoms with Gasteiger partial charge >= 0.3 is 0 Å². The third-order valence-corrected chi connectivity index (χ3v) is 3.77. The molecule has 4 nitrogen and oxygen atoms in total. The van der Waals surface area contributed by atoms with Crippen molar-refractivity contribution < 1.29 is 9.84 Å². The quantitative estimate of drug-likeness (QED) is 0.881. The minimum atomic E-state index is -0.597. The Morgan fingerprint density at radius 3 is 2.43 bits per heavy atom. The maximum Gasteiger partial charge on any atom is 0.162 e. The summed E-state index contributed by atoms with van der Waals surface area (Å²) in [5.74, 6) is 0.915. The predicted molar refractivity (Wildman–Crippen MR) is 83.6 cm³/mol. The molecule has 0 radical (unpaired) electrons. The van der Waals surface area contributed by atoms with Crippen molar-refractivity contribution in [2.24, 2.45) is 0 Å². The zero-order valence-corrected chi connectivity index (χ0v) is 13.2. The van der Waals surface area contributed by atoms with Crippen molar-refractivity contribution in [3.8, 4) is 5.75 Å². The van der Waals surface area contributed by atoms with Crippen LogP contribution in [0, 0.1) is 0 Å². The van der Waals surface area contributed by atoms with Crippen LogP contribution in [-0.4, -0.2) is 22.0 Å². The summed E-state index contributed by atoms with van der Waals surface area (Å²) in [4.78, 5) is 0. The first-order valence-electron chi connectivity index (χ1n) is 7.39. The molecule has 2 atom stereocenters. The van der Waals surface area contributed by atoms with Gasteiger partial charge in [-0.05, 0) is 31.7 Å². The Balaban J connectivity index is 2.20. The summed E-state index contributed by atoms with van der Waals surface area (Å²) >= 11 is 0. The molecule has 0 spiro atoms. The van der Waals surface area contributed by atoms with Gasteiger partial charge < -0.3 is 9.84 Å². The third kappa shape index (κ3) is 3.45. The van der Waals surface area contributed by atoms with E-state index in [1.165, 1.54) is 5.56 Å². The largest absolute Gasteiger partial charge is 0.493 e. The minimum Gasteiger partial charge on any atom is -0.493 e. The minimum absolute atomic E-state index is 0.186. The lowest BCUT2D eigenvalue weighted by Crippen LogP contribution is -2.14. The lowest BCUT2D eigenvalue weighted by atomic mass is 9.94. The van der Waals surface area contributed by atoms with E-state index in [1.54, 1.807) is 13.3 Å². The van der Waals surface area contributed by atoms with Gasteiger partial charge in [0.05, 0.1) is 19.4 Å².